The van der Waals surface area contributed by atoms with E-state index in [-0.39, 0.29) is 5.41 Å². The summed E-state index contributed by atoms with van der Waals surface area (Å²) in [5, 5.41) is 3.47. The van der Waals surface area contributed by atoms with Crippen molar-refractivity contribution in [3.63, 3.8) is 0 Å². The lowest BCUT2D eigenvalue weighted by atomic mass is 9.84. The van der Waals surface area contributed by atoms with Gasteiger partial charge in [0.15, 0.2) is 0 Å². The van der Waals surface area contributed by atoms with Gasteiger partial charge in [0.05, 0.1) is 0 Å². The molecule has 0 amide bonds. The van der Waals surface area contributed by atoms with Gasteiger partial charge in [0.25, 0.3) is 0 Å². The molecule has 0 aromatic rings. The Balaban J connectivity index is 3.95. The summed E-state index contributed by atoms with van der Waals surface area (Å²) in [5.41, 5.74) is 0.237. The van der Waals surface area contributed by atoms with Crippen LogP contribution >= 0.6 is 0 Å². The van der Waals surface area contributed by atoms with Gasteiger partial charge in [-0.3, -0.25) is 0 Å². The summed E-state index contributed by atoms with van der Waals surface area (Å²) < 4.78 is 22.0. The van der Waals surface area contributed by atoms with Crippen LogP contribution in [0, 0.1) is 5.41 Å². The molecule has 0 radical (unpaired) electrons. The minimum Gasteiger partial charge on any atom is -0.314 e. The lowest BCUT2D eigenvalue weighted by Gasteiger charge is -2.31. The zero-order chi connectivity index (χ0) is 12.8. The quantitative estimate of drug-likeness (QED) is 0.704. The van der Waals surface area contributed by atoms with Crippen LogP contribution < -0.4 is 5.32 Å². The second kappa shape index (κ2) is 6.60. The molecule has 3 nitrogen and oxygen atoms in total. The smallest absolute Gasteiger partial charge is 0.147 e. The number of rotatable bonds is 7. The monoisotopic (exact) mass is 249 g/mol. The van der Waals surface area contributed by atoms with Crippen LogP contribution in [-0.4, -0.2) is 33.0 Å². The molecule has 0 aromatic heterocycles. The minimum atomic E-state index is -2.79. The molecule has 0 rings (SSSR count). The summed E-state index contributed by atoms with van der Waals surface area (Å²) >= 11 is 0. The third-order valence-corrected chi connectivity index (χ3v) is 3.78. The van der Waals surface area contributed by atoms with E-state index in [1.54, 1.807) is 0 Å². The average molecular weight is 249 g/mol. The van der Waals surface area contributed by atoms with Gasteiger partial charge >= 0.3 is 0 Å². The standard InChI is InChI=1S/C12H27NO2S/c1-6-13-11(12(2,3)4)9-7-8-10-16(5,14)15/h11,13H,6-10H2,1-5H3. The van der Waals surface area contributed by atoms with Crippen LogP contribution in [0.5, 0.6) is 0 Å². The first kappa shape index (κ1) is 15.9. The van der Waals surface area contributed by atoms with Crippen molar-refractivity contribution in [1.82, 2.24) is 5.32 Å². The van der Waals surface area contributed by atoms with Gasteiger partial charge in [0.1, 0.15) is 9.84 Å². The molecule has 0 saturated heterocycles. The molecule has 0 fully saturated rings. The van der Waals surface area contributed by atoms with Gasteiger partial charge in [-0.25, -0.2) is 8.42 Å². The molecule has 0 saturated carbocycles. The summed E-state index contributed by atoms with van der Waals surface area (Å²) in [5.74, 6) is 0.315. The Labute approximate surface area is 101 Å². The fourth-order valence-electron chi connectivity index (χ4n) is 1.80. The molecule has 1 N–H and O–H groups in total. The molecular weight excluding hydrogens is 222 g/mol. The van der Waals surface area contributed by atoms with Crippen LogP contribution in [0.2, 0.25) is 0 Å². The van der Waals surface area contributed by atoms with Crippen LogP contribution in [-0.2, 0) is 9.84 Å². The van der Waals surface area contributed by atoms with E-state index in [0.717, 1.165) is 25.8 Å². The number of nitrogens with one attached hydrogen (secondary N) is 1. The molecule has 0 heterocycles. The van der Waals surface area contributed by atoms with Crippen molar-refractivity contribution in [3.8, 4) is 0 Å². The van der Waals surface area contributed by atoms with Gasteiger partial charge in [-0.1, -0.05) is 34.1 Å². The highest BCUT2D eigenvalue weighted by atomic mass is 32.2. The first-order valence-corrected chi connectivity index (χ1v) is 8.14. The zero-order valence-corrected chi connectivity index (χ0v) is 12.2. The van der Waals surface area contributed by atoms with Gasteiger partial charge in [-0.15, -0.1) is 0 Å². The SMILES string of the molecule is CCNC(CCCCS(C)(=O)=O)C(C)(C)C. The van der Waals surface area contributed by atoms with Crippen molar-refractivity contribution in [2.24, 2.45) is 5.41 Å². The molecular formula is C12H27NO2S. The van der Waals surface area contributed by atoms with Gasteiger partial charge < -0.3 is 5.32 Å². The molecule has 0 spiro atoms. The highest BCUT2D eigenvalue weighted by Crippen LogP contribution is 2.23. The van der Waals surface area contributed by atoms with Crippen molar-refractivity contribution < 1.29 is 8.42 Å². The van der Waals surface area contributed by atoms with Crippen molar-refractivity contribution >= 4 is 9.84 Å². The lowest BCUT2D eigenvalue weighted by molar-refractivity contribution is 0.254. The van der Waals surface area contributed by atoms with E-state index < -0.39 is 9.84 Å². The van der Waals surface area contributed by atoms with Crippen LogP contribution in [0.3, 0.4) is 0 Å². The molecule has 98 valence electrons. The summed E-state index contributed by atoms with van der Waals surface area (Å²) in [4.78, 5) is 0. The fourth-order valence-corrected chi connectivity index (χ4v) is 2.53. The van der Waals surface area contributed by atoms with E-state index in [1.165, 1.54) is 6.26 Å². The Bertz CT molecular complexity index is 278. The molecule has 0 aliphatic rings. The van der Waals surface area contributed by atoms with Gasteiger partial charge in [-0.2, -0.15) is 0 Å². The van der Waals surface area contributed by atoms with Gasteiger partial charge in [-0.05, 0) is 24.8 Å². The van der Waals surface area contributed by atoms with Crippen LogP contribution in [0.25, 0.3) is 0 Å². The number of hydrogen-bond donors (Lipinski definition) is 1. The van der Waals surface area contributed by atoms with E-state index in [9.17, 15) is 8.42 Å². The van der Waals surface area contributed by atoms with Crippen molar-refractivity contribution in [3.05, 3.63) is 0 Å². The molecule has 1 atom stereocenters. The molecule has 0 bridgehead atoms. The summed E-state index contributed by atoms with van der Waals surface area (Å²) in [7, 11) is -2.79. The third kappa shape index (κ3) is 8.11. The zero-order valence-electron chi connectivity index (χ0n) is 11.3. The summed E-state index contributed by atoms with van der Waals surface area (Å²) in [6.07, 6.45) is 4.10. The highest BCUT2D eigenvalue weighted by molar-refractivity contribution is 7.90. The lowest BCUT2D eigenvalue weighted by Crippen LogP contribution is -2.40. The summed E-state index contributed by atoms with van der Waals surface area (Å²) in [6, 6.07) is 0.470. The predicted molar refractivity (Wildman–Crippen MR) is 70.5 cm³/mol. The topological polar surface area (TPSA) is 46.2 Å². The normalized spacial score (nSPS) is 15.1. The molecule has 16 heavy (non-hydrogen) atoms. The van der Waals surface area contributed by atoms with Crippen LogP contribution in [0.15, 0.2) is 0 Å². The Hall–Kier alpha value is -0.0900. The van der Waals surface area contributed by atoms with E-state index in [4.69, 9.17) is 0 Å². The predicted octanol–water partition coefficient (Wildman–Crippen LogP) is 2.23. The van der Waals surface area contributed by atoms with E-state index in [1.807, 2.05) is 0 Å². The van der Waals surface area contributed by atoms with Crippen LogP contribution in [0.4, 0.5) is 0 Å². The summed E-state index contributed by atoms with van der Waals surface area (Å²) in [6.45, 7) is 9.73. The van der Waals surface area contributed by atoms with E-state index >= 15 is 0 Å². The second-order valence-corrected chi connectivity index (χ2v) is 7.86. The molecule has 0 aromatic carbocycles. The van der Waals surface area contributed by atoms with Crippen molar-refractivity contribution in [2.75, 3.05) is 18.6 Å². The Kier molecular flexibility index (Phi) is 6.56. The highest BCUT2D eigenvalue weighted by Gasteiger charge is 2.22. The Morgan fingerprint density at radius 2 is 1.75 bits per heavy atom. The molecule has 0 aliphatic carbocycles. The van der Waals surface area contributed by atoms with Crippen LogP contribution in [0.1, 0.15) is 47.0 Å². The largest absolute Gasteiger partial charge is 0.314 e. The first-order valence-electron chi connectivity index (χ1n) is 6.08. The van der Waals surface area contributed by atoms with Gasteiger partial charge in [0.2, 0.25) is 0 Å². The van der Waals surface area contributed by atoms with Crippen molar-refractivity contribution in [1.29, 1.82) is 0 Å². The fraction of sp³-hybridized carbons (Fsp3) is 1.00. The van der Waals surface area contributed by atoms with E-state index in [2.05, 4.69) is 33.0 Å². The number of sulfone groups is 1. The Morgan fingerprint density at radius 1 is 1.19 bits per heavy atom. The second-order valence-electron chi connectivity index (χ2n) is 5.60. The molecule has 0 aliphatic heterocycles. The molecule has 4 heteroatoms. The van der Waals surface area contributed by atoms with Crippen molar-refractivity contribution in [2.45, 2.75) is 53.0 Å². The maximum atomic E-state index is 11.0. The number of hydrogen-bond acceptors (Lipinski definition) is 3. The van der Waals surface area contributed by atoms with Gasteiger partial charge in [0, 0.05) is 18.1 Å². The maximum absolute atomic E-state index is 11.0. The number of unbranched alkanes of at least 4 members (excludes halogenated alkanes) is 1. The average Bonchev–Trinajstić information content (AvgIpc) is 2.06. The molecule has 1 unspecified atom stereocenters. The maximum Gasteiger partial charge on any atom is 0.147 e. The third-order valence-electron chi connectivity index (χ3n) is 2.75. The Morgan fingerprint density at radius 3 is 2.12 bits per heavy atom. The van der Waals surface area contributed by atoms with E-state index in [0.29, 0.717) is 11.8 Å². The minimum absolute atomic E-state index is 0.237. The first-order chi connectivity index (χ1) is 7.17.